The Morgan fingerprint density at radius 2 is 1.75 bits per heavy atom. The summed E-state index contributed by atoms with van der Waals surface area (Å²) in [5.41, 5.74) is 5.38. The van der Waals surface area contributed by atoms with E-state index in [1.807, 2.05) is 67.8 Å². The lowest BCUT2D eigenvalue weighted by molar-refractivity contribution is 0.0942. The number of benzene rings is 2. The van der Waals surface area contributed by atoms with E-state index in [1.165, 1.54) is 0 Å². The third-order valence-electron chi connectivity index (χ3n) is 4.40. The summed E-state index contributed by atoms with van der Waals surface area (Å²) >= 11 is 1.63. The number of amides is 1. The fourth-order valence-corrected chi connectivity index (χ4v) is 3.42. The van der Waals surface area contributed by atoms with Crippen molar-refractivity contribution in [3.8, 4) is 22.6 Å². The van der Waals surface area contributed by atoms with Gasteiger partial charge in [0.25, 0.3) is 5.91 Å². The molecule has 2 aromatic heterocycles. The Hall–Kier alpha value is -3.25. The van der Waals surface area contributed by atoms with E-state index in [9.17, 15) is 4.79 Å². The number of hydrogen-bond donors (Lipinski definition) is 1. The summed E-state index contributed by atoms with van der Waals surface area (Å²) in [6, 6.07) is 17.6. The first-order valence-electron chi connectivity index (χ1n) is 8.92. The van der Waals surface area contributed by atoms with Gasteiger partial charge in [0.2, 0.25) is 0 Å². The molecule has 4 rings (SSSR count). The molecule has 0 bridgehead atoms. The number of thiazole rings is 1. The van der Waals surface area contributed by atoms with Crippen molar-refractivity contribution in [3.63, 3.8) is 0 Å². The van der Waals surface area contributed by atoms with E-state index in [4.69, 9.17) is 4.52 Å². The first-order chi connectivity index (χ1) is 13.6. The SMILES string of the molecule is Cc1ccc(-c2cc(C(=O)NCc3ccc(-c4csc(C)n4)cc3)no2)cc1. The van der Waals surface area contributed by atoms with E-state index in [2.05, 4.69) is 15.5 Å². The van der Waals surface area contributed by atoms with E-state index in [0.29, 0.717) is 12.3 Å². The number of carbonyl (C=O) groups excluding carboxylic acids is 1. The highest BCUT2D eigenvalue weighted by Gasteiger charge is 2.13. The van der Waals surface area contributed by atoms with E-state index < -0.39 is 0 Å². The second-order valence-electron chi connectivity index (χ2n) is 6.57. The number of aromatic nitrogens is 2. The molecule has 0 spiro atoms. The van der Waals surface area contributed by atoms with E-state index in [0.717, 1.165) is 33.0 Å². The Kier molecular flexibility index (Phi) is 5.04. The molecule has 0 aliphatic heterocycles. The lowest BCUT2D eigenvalue weighted by atomic mass is 10.1. The van der Waals surface area contributed by atoms with Crippen LogP contribution in [0.2, 0.25) is 0 Å². The van der Waals surface area contributed by atoms with Gasteiger partial charge in [-0.3, -0.25) is 4.79 Å². The summed E-state index contributed by atoms with van der Waals surface area (Å²) in [6.45, 7) is 4.43. The minimum atomic E-state index is -0.263. The number of nitrogens with zero attached hydrogens (tertiary/aromatic N) is 2. The van der Waals surface area contributed by atoms with Gasteiger partial charge < -0.3 is 9.84 Å². The van der Waals surface area contributed by atoms with Crippen LogP contribution in [0.25, 0.3) is 22.6 Å². The van der Waals surface area contributed by atoms with Crippen molar-refractivity contribution in [2.75, 3.05) is 0 Å². The van der Waals surface area contributed by atoms with E-state index in [-0.39, 0.29) is 11.6 Å². The van der Waals surface area contributed by atoms with Crippen molar-refractivity contribution in [2.45, 2.75) is 20.4 Å². The second-order valence-corrected chi connectivity index (χ2v) is 7.64. The third kappa shape index (κ3) is 4.02. The van der Waals surface area contributed by atoms with Crippen molar-refractivity contribution in [1.29, 1.82) is 0 Å². The van der Waals surface area contributed by atoms with Crippen molar-refractivity contribution < 1.29 is 9.32 Å². The van der Waals surface area contributed by atoms with Crippen LogP contribution in [0, 0.1) is 13.8 Å². The van der Waals surface area contributed by atoms with Crippen LogP contribution < -0.4 is 5.32 Å². The molecule has 0 aliphatic rings. The maximum Gasteiger partial charge on any atom is 0.273 e. The molecule has 1 N–H and O–H groups in total. The van der Waals surface area contributed by atoms with Gasteiger partial charge >= 0.3 is 0 Å². The molecule has 0 fully saturated rings. The summed E-state index contributed by atoms with van der Waals surface area (Å²) in [5, 5.41) is 9.86. The zero-order valence-corrected chi connectivity index (χ0v) is 16.4. The zero-order valence-electron chi connectivity index (χ0n) is 15.6. The quantitative estimate of drug-likeness (QED) is 0.521. The average molecular weight is 389 g/mol. The first kappa shape index (κ1) is 18.1. The van der Waals surface area contributed by atoms with Crippen molar-refractivity contribution in [3.05, 3.63) is 81.8 Å². The van der Waals surface area contributed by atoms with E-state index >= 15 is 0 Å². The van der Waals surface area contributed by atoms with Gasteiger partial charge in [-0.2, -0.15) is 0 Å². The number of carbonyl (C=O) groups is 1. The summed E-state index contributed by atoms with van der Waals surface area (Å²) in [7, 11) is 0. The molecule has 0 saturated carbocycles. The van der Waals surface area contributed by atoms with Gasteiger partial charge in [0, 0.05) is 29.1 Å². The predicted molar refractivity (Wildman–Crippen MR) is 110 cm³/mol. The monoisotopic (exact) mass is 389 g/mol. The van der Waals surface area contributed by atoms with Crippen LogP contribution >= 0.6 is 11.3 Å². The average Bonchev–Trinajstić information content (AvgIpc) is 3.37. The smallest absolute Gasteiger partial charge is 0.273 e. The normalized spacial score (nSPS) is 10.8. The number of aryl methyl sites for hydroxylation is 2. The molecule has 0 atom stereocenters. The van der Waals surface area contributed by atoms with Crippen LogP contribution in [-0.2, 0) is 6.54 Å². The van der Waals surface area contributed by atoms with Crippen LogP contribution in [-0.4, -0.2) is 16.0 Å². The van der Waals surface area contributed by atoms with Crippen LogP contribution in [0.1, 0.15) is 26.6 Å². The summed E-state index contributed by atoms with van der Waals surface area (Å²) in [4.78, 5) is 16.9. The summed E-state index contributed by atoms with van der Waals surface area (Å²) in [6.07, 6.45) is 0. The largest absolute Gasteiger partial charge is 0.355 e. The van der Waals surface area contributed by atoms with Gasteiger partial charge in [-0.25, -0.2) is 4.98 Å². The van der Waals surface area contributed by atoms with Gasteiger partial charge in [0.05, 0.1) is 10.7 Å². The molecule has 28 heavy (non-hydrogen) atoms. The van der Waals surface area contributed by atoms with Crippen molar-refractivity contribution >= 4 is 17.2 Å². The predicted octanol–water partition coefficient (Wildman–Crippen LogP) is 5.01. The maximum atomic E-state index is 12.4. The fourth-order valence-electron chi connectivity index (χ4n) is 2.80. The Balaban J connectivity index is 1.38. The van der Waals surface area contributed by atoms with Crippen LogP contribution in [0.15, 0.2) is 64.5 Å². The van der Waals surface area contributed by atoms with Gasteiger partial charge in [0.15, 0.2) is 11.5 Å². The Morgan fingerprint density at radius 3 is 2.43 bits per heavy atom. The Bertz CT molecular complexity index is 1100. The van der Waals surface area contributed by atoms with Crippen molar-refractivity contribution in [1.82, 2.24) is 15.5 Å². The van der Waals surface area contributed by atoms with Crippen LogP contribution in [0.4, 0.5) is 0 Å². The van der Waals surface area contributed by atoms with Crippen LogP contribution in [0.5, 0.6) is 0 Å². The summed E-state index contributed by atoms with van der Waals surface area (Å²) < 4.78 is 5.31. The molecule has 5 nitrogen and oxygen atoms in total. The topological polar surface area (TPSA) is 68.0 Å². The van der Waals surface area contributed by atoms with Crippen LogP contribution in [0.3, 0.4) is 0 Å². The molecule has 2 aromatic carbocycles. The Labute approximate surface area is 167 Å². The standard InChI is InChI=1S/C22H19N3O2S/c1-14-3-7-18(8-4-14)21-11-19(25-27-21)22(26)23-12-16-5-9-17(10-6-16)20-13-28-15(2)24-20/h3-11,13H,12H2,1-2H3,(H,23,26). The minimum Gasteiger partial charge on any atom is -0.355 e. The van der Waals surface area contributed by atoms with Gasteiger partial charge in [0.1, 0.15) is 0 Å². The molecular formula is C22H19N3O2S. The number of rotatable bonds is 5. The third-order valence-corrected chi connectivity index (χ3v) is 5.17. The molecule has 0 unspecified atom stereocenters. The molecule has 2 heterocycles. The highest BCUT2D eigenvalue weighted by molar-refractivity contribution is 7.09. The maximum absolute atomic E-state index is 12.4. The van der Waals surface area contributed by atoms with Gasteiger partial charge in [-0.15, -0.1) is 11.3 Å². The first-order valence-corrected chi connectivity index (χ1v) is 9.80. The molecule has 6 heteroatoms. The van der Waals surface area contributed by atoms with E-state index in [1.54, 1.807) is 17.4 Å². The molecule has 0 saturated heterocycles. The lowest BCUT2D eigenvalue weighted by Gasteiger charge is -2.04. The zero-order chi connectivity index (χ0) is 19.5. The fraction of sp³-hybridized carbons (Fsp3) is 0.136. The van der Waals surface area contributed by atoms with Gasteiger partial charge in [-0.05, 0) is 19.4 Å². The highest BCUT2D eigenvalue weighted by atomic mass is 32.1. The summed E-state index contributed by atoms with van der Waals surface area (Å²) in [5.74, 6) is 0.314. The van der Waals surface area contributed by atoms with Gasteiger partial charge in [-0.1, -0.05) is 59.3 Å². The molecular weight excluding hydrogens is 370 g/mol. The number of hydrogen-bond acceptors (Lipinski definition) is 5. The molecule has 140 valence electrons. The highest BCUT2D eigenvalue weighted by Crippen LogP contribution is 2.22. The minimum absolute atomic E-state index is 0.263. The lowest BCUT2D eigenvalue weighted by Crippen LogP contribution is -2.22. The second kappa shape index (κ2) is 7.78. The molecule has 0 radical (unpaired) electrons. The molecule has 1 amide bonds. The molecule has 0 aliphatic carbocycles. The molecule has 4 aromatic rings. The Morgan fingerprint density at radius 1 is 1.04 bits per heavy atom. The van der Waals surface area contributed by atoms with Crippen molar-refractivity contribution in [2.24, 2.45) is 0 Å². The number of nitrogens with one attached hydrogen (secondary N) is 1.